The molecule has 1 atom stereocenters. The first kappa shape index (κ1) is 18.0. The molecule has 1 unspecified atom stereocenters. The van der Waals surface area contributed by atoms with Crippen LogP contribution in [0.1, 0.15) is 25.3 Å². The molecule has 0 aliphatic heterocycles. The van der Waals surface area contributed by atoms with E-state index in [2.05, 4.69) is 4.72 Å². The Labute approximate surface area is 129 Å². The van der Waals surface area contributed by atoms with Gasteiger partial charge in [0.1, 0.15) is 10.8 Å². The van der Waals surface area contributed by atoms with Gasteiger partial charge >= 0.3 is 0 Å². The van der Waals surface area contributed by atoms with Gasteiger partial charge in [-0.1, -0.05) is 25.6 Å². The van der Waals surface area contributed by atoms with Gasteiger partial charge in [-0.2, -0.15) is 0 Å². The van der Waals surface area contributed by atoms with E-state index in [1.54, 1.807) is 0 Å². The first-order valence-corrected chi connectivity index (χ1v) is 8.31. The van der Waals surface area contributed by atoms with Crippen molar-refractivity contribution in [2.75, 3.05) is 13.7 Å². The number of hydrogen-bond acceptors (Lipinski definition) is 4. The predicted octanol–water partition coefficient (Wildman–Crippen LogP) is 1.55. The fourth-order valence-corrected chi connectivity index (χ4v) is 3.31. The van der Waals surface area contributed by atoms with E-state index in [0.29, 0.717) is 6.42 Å². The second-order valence-electron chi connectivity index (χ2n) is 4.57. The molecule has 0 aliphatic rings. The normalized spacial score (nSPS) is 13.1. The summed E-state index contributed by atoms with van der Waals surface area (Å²) in [5.41, 5.74) is 5.29. The lowest BCUT2D eigenvalue weighted by Gasteiger charge is -2.17. The van der Waals surface area contributed by atoms with Gasteiger partial charge in [0, 0.05) is 18.7 Å². The van der Waals surface area contributed by atoms with Gasteiger partial charge in [-0.25, -0.2) is 17.5 Å². The van der Waals surface area contributed by atoms with E-state index in [0.717, 1.165) is 18.6 Å². The Kier molecular flexibility index (Phi) is 6.66. The van der Waals surface area contributed by atoms with Gasteiger partial charge in [0.15, 0.2) is 0 Å². The molecule has 0 saturated carbocycles. The third kappa shape index (κ3) is 4.99. The van der Waals surface area contributed by atoms with Gasteiger partial charge in [0.25, 0.3) is 0 Å². The molecule has 0 fully saturated rings. The zero-order valence-electron chi connectivity index (χ0n) is 11.9. The molecule has 0 spiro atoms. The molecule has 1 aromatic rings. The van der Waals surface area contributed by atoms with Gasteiger partial charge in [-0.3, -0.25) is 0 Å². The highest BCUT2D eigenvalue weighted by molar-refractivity contribution is 7.89. The van der Waals surface area contributed by atoms with Crippen molar-refractivity contribution in [2.45, 2.75) is 30.7 Å². The lowest BCUT2D eigenvalue weighted by molar-refractivity contribution is 0.171. The van der Waals surface area contributed by atoms with Gasteiger partial charge < -0.3 is 10.5 Å². The van der Waals surface area contributed by atoms with E-state index in [1.165, 1.54) is 13.2 Å². The molecule has 8 heteroatoms. The summed E-state index contributed by atoms with van der Waals surface area (Å²) >= 11 is 4.71. The molecule has 0 amide bonds. The van der Waals surface area contributed by atoms with Crippen molar-refractivity contribution in [1.29, 1.82) is 0 Å². The van der Waals surface area contributed by atoms with Crippen molar-refractivity contribution in [1.82, 2.24) is 4.72 Å². The summed E-state index contributed by atoms with van der Waals surface area (Å²) in [6.45, 7) is 2.20. The van der Waals surface area contributed by atoms with Crippen LogP contribution in [-0.4, -0.2) is 33.2 Å². The van der Waals surface area contributed by atoms with Crippen molar-refractivity contribution in [3.63, 3.8) is 0 Å². The quantitative estimate of drug-likeness (QED) is 0.705. The lowest BCUT2D eigenvalue weighted by Crippen LogP contribution is -2.38. The van der Waals surface area contributed by atoms with Crippen molar-refractivity contribution in [2.24, 2.45) is 5.73 Å². The number of nitrogens with two attached hydrogens (primary N) is 1. The maximum absolute atomic E-state index is 13.5. The highest BCUT2D eigenvalue weighted by Crippen LogP contribution is 2.16. The summed E-state index contributed by atoms with van der Waals surface area (Å²) in [7, 11) is -2.29. The molecule has 0 saturated heterocycles. The zero-order valence-corrected chi connectivity index (χ0v) is 13.6. The van der Waals surface area contributed by atoms with Crippen LogP contribution in [0.4, 0.5) is 4.39 Å². The smallest absolute Gasteiger partial charge is 0.240 e. The van der Waals surface area contributed by atoms with E-state index >= 15 is 0 Å². The van der Waals surface area contributed by atoms with Crippen molar-refractivity contribution in [3.8, 4) is 0 Å². The molecule has 118 valence electrons. The minimum absolute atomic E-state index is 0.0797. The van der Waals surface area contributed by atoms with Crippen LogP contribution >= 0.6 is 12.2 Å². The largest absolute Gasteiger partial charge is 0.389 e. The fourth-order valence-electron chi connectivity index (χ4n) is 1.87. The number of methoxy groups -OCH3 is 1. The second-order valence-corrected chi connectivity index (χ2v) is 6.72. The topological polar surface area (TPSA) is 81.4 Å². The molecule has 21 heavy (non-hydrogen) atoms. The average Bonchev–Trinajstić information content (AvgIpc) is 2.38. The maximum Gasteiger partial charge on any atom is 0.240 e. The van der Waals surface area contributed by atoms with Gasteiger partial charge in [-0.05, 0) is 24.6 Å². The molecule has 0 heterocycles. The second kappa shape index (κ2) is 7.79. The Hall–Kier alpha value is -1.09. The van der Waals surface area contributed by atoms with Crippen LogP contribution in [0.3, 0.4) is 0 Å². The number of nitrogens with one attached hydrogen (secondary N) is 1. The van der Waals surface area contributed by atoms with Crippen LogP contribution in [-0.2, 0) is 14.8 Å². The Morgan fingerprint density at radius 1 is 1.52 bits per heavy atom. The first-order chi connectivity index (χ1) is 9.81. The number of rotatable bonds is 8. The zero-order chi connectivity index (χ0) is 16.0. The maximum atomic E-state index is 13.5. The van der Waals surface area contributed by atoms with Crippen LogP contribution in [0, 0.1) is 5.82 Å². The van der Waals surface area contributed by atoms with Crippen molar-refractivity contribution in [3.05, 3.63) is 29.6 Å². The summed E-state index contributed by atoms with van der Waals surface area (Å²) in [6, 6.07) is 3.00. The number of benzene rings is 1. The molecule has 0 aromatic heterocycles. The SMILES string of the molecule is CCCC(COC)NS(=O)(=O)c1ccc(F)c(C(N)=S)c1. The number of hydrogen-bond donors (Lipinski definition) is 2. The molecular weight excluding hydrogens is 315 g/mol. The molecular formula is C13H19FN2O3S2. The van der Waals surface area contributed by atoms with Crippen LogP contribution in [0.25, 0.3) is 0 Å². The Morgan fingerprint density at radius 2 is 2.19 bits per heavy atom. The third-order valence-corrected chi connectivity index (χ3v) is 4.58. The summed E-state index contributed by atoms with van der Waals surface area (Å²) < 4.78 is 45.6. The summed E-state index contributed by atoms with van der Waals surface area (Å²) in [4.78, 5) is -0.268. The molecule has 1 aromatic carbocycles. The van der Waals surface area contributed by atoms with Crippen LogP contribution in [0.15, 0.2) is 23.1 Å². The van der Waals surface area contributed by atoms with Crippen molar-refractivity contribution >= 4 is 27.2 Å². The predicted molar refractivity (Wildman–Crippen MR) is 83.2 cm³/mol. The molecule has 3 N–H and O–H groups in total. The molecule has 0 bridgehead atoms. The molecule has 5 nitrogen and oxygen atoms in total. The number of ether oxygens (including phenoxy) is 1. The van der Waals surface area contributed by atoms with Gasteiger partial charge in [0.2, 0.25) is 10.0 Å². The van der Waals surface area contributed by atoms with Crippen LogP contribution < -0.4 is 10.5 Å². The number of thiocarbonyl (C=S) groups is 1. The van der Waals surface area contributed by atoms with E-state index in [-0.39, 0.29) is 28.1 Å². The summed E-state index contributed by atoms with van der Waals surface area (Å²) in [5, 5.41) is 0. The third-order valence-electron chi connectivity index (χ3n) is 2.84. The Morgan fingerprint density at radius 3 is 2.71 bits per heavy atom. The van der Waals surface area contributed by atoms with E-state index in [1.807, 2.05) is 6.92 Å². The summed E-state index contributed by atoms with van der Waals surface area (Å²) in [5.74, 6) is -0.650. The molecule has 0 aliphatic carbocycles. The Bertz CT molecular complexity index is 599. The average molecular weight is 334 g/mol. The monoisotopic (exact) mass is 334 g/mol. The number of sulfonamides is 1. The van der Waals surface area contributed by atoms with E-state index in [9.17, 15) is 12.8 Å². The molecule has 0 radical (unpaired) electrons. The van der Waals surface area contributed by atoms with Crippen LogP contribution in [0.2, 0.25) is 0 Å². The van der Waals surface area contributed by atoms with Crippen molar-refractivity contribution < 1.29 is 17.5 Å². The van der Waals surface area contributed by atoms with Gasteiger partial charge in [0.05, 0.1) is 11.5 Å². The van der Waals surface area contributed by atoms with Gasteiger partial charge in [-0.15, -0.1) is 0 Å². The standard InChI is InChI=1S/C13H19FN2O3S2/c1-3-4-9(8-19-2)16-21(17,18)10-5-6-12(14)11(7-10)13(15)20/h5-7,9,16H,3-4,8H2,1-2H3,(H2,15,20). The minimum Gasteiger partial charge on any atom is -0.389 e. The van der Waals surface area contributed by atoms with Crippen LogP contribution in [0.5, 0.6) is 0 Å². The van der Waals surface area contributed by atoms with E-state index in [4.69, 9.17) is 22.7 Å². The lowest BCUT2D eigenvalue weighted by atomic mass is 10.2. The highest BCUT2D eigenvalue weighted by atomic mass is 32.2. The van der Waals surface area contributed by atoms with E-state index < -0.39 is 15.8 Å². The Balaban J connectivity index is 3.07. The number of halogens is 1. The molecule has 1 rings (SSSR count). The highest BCUT2D eigenvalue weighted by Gasteiger charge is 2.21. The summed E-state index contributed by atoms with van der Waals surface area (Å²) in [6.07, 6.45) is 1.44. The first-order valence-electron chi connectivity index (χ1n) is 6.42. The minimum atomic E-state index is -3.79. The fraction of sp³-hybridized carbons (Fsp3) is 0.462.